The smallest absolute Gasteiger partial charge is 0.308 e. The molecule has 1 aliphatic carbocycles. The zero-order valence-corrected chi connectivity index (χ0v) is 8.07. The summed E-state index contributed by atoms with van der Waals surface area (Å²) in [6.07, 6.45) is 4.49. The molecule has 3 heteroatoms. The molecule has 0 aromatic heterocycles. The Hall–Kier alpha value is -0.570. The molecular weight excluding hydrogens is 166 g/mol. The van der Waals surface area contributed by atoms with Crippen molar-refractivity contribution in [3.05, 3.63) is 0 Å². The molecule has 1 saturated heterocycles. The van der Waals surface area contributed by atoms with E-state index in [1.807, 2.05) is 0 Å². The lowest BCUT2D eigenvalue weighted by Gasteiger charge is -2.25. The van der Waals surface area contributed by atoms with Gasteiger partial charge in [-0.05, 0) is 45.2 Å². The quantitative estimate of drug-likeness (QED) is 0.714. The van der Waals surface area contributed by atoms with Crippen molar-refractivity contribution in [1.29, 1.82) is 0 Å². The second-order valence-corrected chi connectivity index (χ2v) is 4.39. The number of hydrogen-bond donors (Lipinski definition) is 1. The van der Waals surface area contributed by atoms with Gasteiger partial charge in [0.2, 0.25) is 0 Å². The molecule has 0 bridgehead atoms. The molecular formula is C10H17NO2. The Kier molecular flexibility index (Phi) is 2.28. The van der Waals surface area contributed by atoms with Gasteiger partial charge in [0.05, 0.1) is 5.92 Å². The van der Waals surface area contributed by atoms with Crippen LogP contribution in [-0.2, 0) is 4.79 Å². The van der Waals surface area contributed by atoms with Gasteiger partial charge in [-0.2, -0.15) is 0 Å². The summed E-state index contributed by atoms with van der Waals surface area (Å²) in [6.45, 7) is 1.07. The molecule has 1 N–H and O–H groups in total. The number of aliphatic carboxylic acids is 1. The van der Waals surface area contributed by atoms with Crippen molar-refractivity contribution < 1.29 is 9.90 Å². The van der Waals surface area contributed by atoms with Gasteiger partial charge in [0, 0.05) is 6.04 Å². The summed E-state index contributed by atoms with van der Waals surface area (Å²) in [4.78, 5) is 13.3. The monoisotopic (exact) mass is 183 g/mol. The molecule has 0 aromatic rings. The lowest BCUT2D eigenvalue weighted by Crippen LogP contribution is -2.38. The van der Waals surface area contributed by atoms with E-state index < -0.39 is 5.97 Å². The summed E-state index contributed by atoms with van der Waals surface area (Å²) in [7, 11) is 2.05. The van der Waals surface area contributed by atoms with Crippen LogP contribution in [0.25, 0.3) is 0 Å². The summed E-state index contributed by atoms with van der Waals surface area (Å²) in [5.74, 6) is -0.197. The van der Waals surface area contributed by atoms with Crippen LogP contribution in [-0.4, -0.2) is 35.6 Å². The molecule has 0 aromatic carbocycles. The van der Waals surface area contributed by atoms with Gasteiger partial charge in [-0.1, -0.05) is 0 Å². The Bertz CT molecular complexity index is 213. The van der Waals surface area contributed by atoms with Gasteiger partial charge in [-0.25, -0.2) is 0 Å². The fourth-order valence-electron chi connectivity index (χ4n) is 2.53. The molecule has 3 nitrogen and oxygen atoms in total. The first-order valence-electron chi connectivity index (χ1n) is 5.13. The fraction of sp³-hybridized carbons (Fsp3) is 0.900. The summed E-state index contributed by atoms with van der Waals surface area (Å²) in [5.41, 5.74) is 0. The highest BCUT2D eigenvalue weighted by atomic mass is 16.4. The second-order valence-electron chi connectivity index (χ2n) is 4.39. The lowest BCUT2D eigenvalue weighted by molar-refractivity contribution is -0.144. The number of hydrogen-bond acceptors (Lipinski definition) is 2. The van der Waals surface area contributed by atoms with Gasteiger partial charge in [-0.3, -0.25) is 4.79 Å². The Labute approximate surface area is 78.7 Å². The average molecular weight is 183 g/mol. The number of carboxylic acid groups (broad SMARTS) is 1. The van der Waals surface area contributed by atoms with E-state index in [2.05, 4.69) is 11.9 Å². The third kappa shape index (κ3) is 1.70. The average Bonchev–Trinajstić information content (AvgIpc) is 2.78. The zero-order chi connectivity index (χ0) is 9.42. The largest absolute Gasteiger partial charge is 0.481 e. The molecule has 1 saturated carbocycles. The van der Waals surface area contributed by atoms with E-state index in [4.69, 9.17) is 5.11 Å². The van der Waals surface area contributed by atoms with Crippen molar-refractivity contribution in [2.45, 2.75) is 31.7 Å². The predicted octanol–water partition coefficient (Wildman–Crippen LogP) is 1.19. The van der Waals surface area contributed by atoms with E-state index in [9.17, 15) is 4.79 Å². The summed E-state index contributed by atoms with van der Waals surface area (Å²) < 4.78 is 0. The van der Waals surface area contributed by atoms with Crippen molar-refractivity contribution in [3.63, 3.8) is 0 Å². The highest BCUT2D eigenvalue weighted by Gasteiger charge is 2.43. The van der Waals surface area contributed by atoms with Crippen molar-refractivity contribution in [1.82, 2.24) is 4.90 Å². The van der Waals surface area contributed by atoms with E-state index in [-0.39, 0.29) is 5.92 Å². The minimum absolute atomic E-state index is 0.0903. The van der Waals surface area contributed by atoms with Crippen LogP contribution in [0.5, 0.6) is 0 Å². The second kappa shape index (κ2) is 3.29. The third-order valence-electron chi connectivity index (χ3n) is 3.41. The Morgan fingerprint density at radius 1 is 1.46 bits per heavy atom. The minimum Gasteiger partial charge on any atom is -0.481 e. The molecule has 74 valence electrons. The van der Waals surface area contributed by atoms with Gasteiger partial charge >= 0.3 is 5.97 Å². The predicted molar refractivity (Wildman–Crippen MR) is 49.5 cm³/mol. The van der Waals surface area contributed by atoms with Crippen LogP contribution >= 0.6 is 0 Å². The topological polar surface area (TPSA) is 40.5 Å². The van der Waals surface area contributed by atoms with Crippen molar-refractivity contribution in [2.24, 2.45) is 11.8 Å². The van der Waals surface area contributed by atoms with E-state index in [0.717, 1.165) is 32.2 Å². The van der Waals surface area contributed by atoms with Crippen LogP contribution in [0.15, 0.2) is 0 Å². The van der Waals surface area contributed by atoms with E-state index in [1.54, 1.807) is 0 Å². The molecule has 13 heavy (non-hydrogen) atoms. The van der Waals surface area contributed by atoms with Gasteiger partial charge in [0.15, 0.2) is 0 Å². The van der Waals surface area contributed by atoms with Gasteiger partial charge in [-0.15, -0.1) is 0 Å². The van der Waals surface area contributed by atoms with Crippen molar-refractivity contribution >= 4 is 5.97 Å². The molecule has 1 heterocycles. The van der Waals surface area contributed by atoms with E-state index >= 15 is 0 Å². The Balaban J connectivity index is 2.05. The maximum absolute atomic E-state index is 11.1. The molecule has 2 rings (SSSR count). The summed E-state index contributed by atoms with van der Waals surface area (Å²) in [5, 5.41) is 9.14. The number of rotatable bonds is 3. The number of likely N-dealkylation sites (tertiary alicyclic amines) is 1. The fourth-order valence-corrected chi connectivity index (χ4v) is 2.53. The van der Waals surface area contributed by atoms with Crippen LogP contribution in [0, 0.1) is 11.8 Å². The molecule has 2 aliphatic rings. The molecule has 2 fully saturated rings. The van der Waals surface area contributed by atoms with Gasteiger partial charge < -0.3 is 10.0 Å². The van der Waals surface area contributed by atoms with Crippen LogP contribution in [0.1, 0.15) is 25.7 Å². The summed E-state index contributed by atoms with van der Waals surface area (Å²) in [6, 6.07) is 0.310. The lowest BCUT2D eigenvalue weighted by atomic mass is 9.93. The normalized spacial score (nSPS) is 31.9. The van der Waals surface area contributed by atoms with Gasteiger partial charge in [0.1, 0.15) is 0 Å². The molecule has 2 atom stereocenters. The Morgan fingerprint density at radius 2 is 2.15 bits per heavy atom. The van der Waals surface area contributed by atoms with Crippen molar-refractivity contribution in [2.75, 3.05) is 13.6 Å². The SMILES string of the molecule is CN1CCCC1C(C(=O)O)C1CC1. The van der Waals surface area contributed by atoms with E-state index in [1.165, 1.54) is 0 Å². The molecule has 0 radical (unpaired) electrons. The molecule has 1 aliphatic heterocycles. The standard InChI is InChI=1S/C10H17NO2/c1-11-6-2-3-8(11)9(10(12)13)7-4-5-7/h7-9H,2-6H2,1H3,(H,12,13). The molecule has 0 spiro atoms. The van der Waals surface area contributed by atoms with E-state index in [0.29, 0.717) is 12.0 Å². The maximum atomic E-state index is 11.1. The highest BCUT2D eigenvalue weighted by molar-refractivity contribution is 5.71. The van der Waals surface area contributed by atoms with Crippen molar-refractivity contribution in [3.8, 4) is 0 Å². The first-order valence-corrected chi connectivity index (χ1v) is 5.13. The maximum Gasteiger partial charge on any atom is 0.308 e. The molecule has 2 unspecified atom stereocenters. The van der Waals surface area contributed by atoms with Crippen LogP contribution in [0.3, 0.4) is 0 Å². The number of nitrogens with zero attached hydrogens (tertiary/aromatic N) is 1. The van der Waals surface area contributed by atoms with Crippen LogP contribution < -0.4 is 0 Å². The summed E-state index contributed by atoms with van der Waals surface area (Å²) >= 11 is 0. The third-order valence-corrected chi connectivity index (χ3v) is 3.41. The minimum atomic E-state index is -0.582. The Morgan fingerprint density at radius 3 is 2.54 bits per heavy atom. The van der Waals surface area contributed by atoms with Crippen LogP contribution in [0.2, 0.25) is 0 Å². The molecule has 0 amide bonds. The van der Waals surface area contributed by atoms with Gasteiger partial charge in [0.25, 0.3) is 0 Å². The number of carboxylic acids is 1. The first-order chi connectivity index (χ1) is 6.20. The first kappa shape index (κ1) is 9.00. The number of carbonyl (C=O) groups is 1. The van der Waals surface area contributed by atoms with Crippen LogP contribution in [0.4, 0.5) is 0 Å². The highest BCUT2D eigenvalue weighted by Crippen LogP contribution is 2.42. The zero-order valence-electron chi connectivity index (χ0n) is 8.07.